The number of benzene rings is 1. The van der Waals surface area contributed by atoms with Crippen molar-refractivity contribution in [3.8, 4) is 0 Å². The van der Waals surface area contributed by atoms with Gasteiger partial charge in [-0.3, -0.25) is 0 Å². The monoisotopic (exact) mass is 291 g/mol. The Morgan fingerprint density at radius 3 is 2.35 bits per heavy atom. The van der Waals surface area contributed by atoms with Crippen LogP contribution in [0.4, 0.5) is 17.2 Å². The SMILES string of the molecule is Cc1cc(C)cc(Nc2ncc(N)cc2Br)c1. The molecule has 17 heavy (non-hydrogen) atoms. The largest absolute Gasteiger partial charge is 0.397 e. The molecule has 0 saturated carbocycles. The quantitative estimate of drug-likeness (QED) is 0.885. The first-order chi connectivity index (χ1) is 8.04. The molecule has 2 aromatic rings. The number of nitrogens with zero attached hydrogens (tertiary/aromatic N) is 1. The predicted octanol–water partition coefficient (Wildman–Crippen LogP) is 3.79. The third-order valence-corrected chi connectivity index (χ3v) is 2.95. The fourth-order valence-corrected chi connectivity index (χ4v) is 2.19. The lowest BCUT2D eigenvalue weighted by molar-refractivity contribution is 1.28. The van der Waals surface area contributed by atoms with E-state index >= 15 is 0 Å². The van der Waals surface area contributed by atoms with Crippen molar-refractivity contribution in [1.29, 1.82) is 0 Å². The third-order valence-electron chi connectivity index (χ3n) is 2.35. The van der Waals surface area contributed by atoms with E-state index in [1.807, 2.05) is 6.07 Å². The zero-order valence-electron chi connectivity index (χ0n) is 9.79. The highest BCUT2D eigenvalue weighted by molar-refractivity contribution is 9.10. The van der Waals surface area contributed by atoms with Crippen LogP contribution in [0.5, 0.6) is 0 Å². The highest BCUT2D eigenvalue weighted by atomic mass is 79.9. The van der Waals surface area contributed by atoms with E-state index in [4.69, 9.17) is 5.73 Å². The number of anilines is 3. The lowest BCUT2D eigenvalue weighted by Crippen LogP contribution is -1.97. The van der Waals surface area contributed by atoms with Crippen LogP contribution in [0.3, 0.4) is 0 Å². The molecule has 0 aliphatic rings. The van der Waals surface area contributed by atoms with E-state index in [1.165, 1.54) is 11.1 Å². The molecule has 2 rings (SSSR count). The van der Waals surface area contributed by atoms with Crippen LogP contribution in [0.2, 0.25) is 0 Å². The fourth-order valence-electron chi connectivity index (χ4n) is 1.73. The van der Waals surface area contributed by atoms with E-state index in [-0.39, 0.29) is 0 Å². The van der Waals surface area contributed by atoms with Gasteiger partial charge in [0.2, 0.25) is 0 Å². The Kier molecular flexibility index (Phi) is 3.33. The summed E-state index contributed by atoms with van der Waals surface area (Å²) < 4.78 is 0.858. The molecule has 1 aromatic carbocycles. The van der Waals surface area contributed by atoms with Crippen LogP contribution in [-0.4, -0.2) is 4.98 Å². The molecule has 1 aromatic heterocycles. The van der Waals surface area contributed by atoms with Gasteiger partial charge in [-0.05, 0) is 59.1 Å². The number of rotatable bonds is 2. The highest BCUT2D eigenvalue weighted by Crippen LogP contribution is 2.26. The number of aromatic nitrogens is 1. The van der Waals surface area contributed by atoms with Crippen molar-refractivity contribution in [1.82, 2.24) is 4.98 Å². The van der Waals surface area contributed by atoms with E-state index in [2.05, 4.69) is 58.3 Å². The molecule has 88 valence electrons. The number of halogens is 1. The number of hydrogen-bond donors (Lipinski definition) is 2. The minimum absolute atomic E-state index is 0.642. The van der Waals surface area contributed by atoms with Crippen LogP contribution in [0.25, 0.3) is 0 Å². The second-order valence-electron chi connectivity index (χ2n) is 4.10. The molecule has 3 nitrogen and oxygen atoms in total. The maximum Gasteiger partial charge on any atom is 0.144 e. The first-order valence-corrected chi connectivity index (χ1v) is 6.10. The summed E-state index contributed by atoms with van der Waals surface area (Å²) in [6.45, 7) is 4.15. The Bertz CT molecular complexity index is 532. The minimum Gasteiger partial charge on any atom is -0.397 e. The number of aryl methyl sites for hydroxylation is 2. The molecule has 0 bridgehead atoms. The van der Waals surface area contributed by atoms with Crippen molar-refractivity contribution in [2.75, 3.05) is 11.1 Å². The van der Waals surface area contributed by atoms with E-state index in [0.29, 0.717) is 5.69 Å². The minimum atomic E-state index is 0.642. The highest BCUT2D eigenvalue weighted by Gasteiger charge is 2.03. The molecular formula is C13H14BrN3. The molecule has 4 heteroatoms. The van der Waals surface area contributed by atoms with Crippen molar-refractivity contribution in [2.24, 2.45) is 0 Å². The second-order valence-corrected chi connectivity index (χ2v) is 4.95. The van der Waals surface area contributed by atoms with E-state index < -0.39 is 0 Å². The van der Waals surface area contributed by atoms with Crippen LogP contribution in [-0.2, 0) is 0 Å². The van der Waals surface area contributed by atoms with E-state index in [9.17, 15) is 0 Å². The number of nitrogen functional groups attached to an aromatic ring is 1. The molecule has 0 unspecified atom stereocenters. The van der Waals surface area contributed by atoms with Crippen molar-refractivity contribution in [2.45, 2.75) is 13.8 Å². The maximum atomic E-state index is 5.65. The molecule has 0 amide bonds. The van der Waals surface area contributed by atoms with Crippen molar-refractivity contribution in [3.05, 3.63) is 46.1 Å². The standard InChI is InChI=1S/C13H14BrN3/c1-8-3-9(2)5-11(4-8)17-13-12(14)6-10(15)7-16-13/h3-7H,15H2,1-2H3,(H,16,17). The summed E-state index contributed by atoms with van der Waals surface area (Å²) in [5.74, 6) is 0.768. The molecule has 1 heterocycles. The summed E-state index contributed by atoms with van der Waals surface area (Å²) in [6, 6.07) is 8.13. The molecule has 0 atom stereocenters. The lowest BCUT2D eigenvalue weighted by Gasteiger charge is -2.09. The molecule has 0 spiro atoms. The summed E-state index contributed by atoms with van der Waals surface area (Å²) in [5.41, 5.74) is 9.76. The van der Waals surface area contributed by atoms with Crippen LogP contribution < -0.4 is 11.1 Å². The summed E-state index contributed by atoms with van der Waals surface area (Å²) in [4.78, 5) is 4.25. The summed E-state index contributed by atoms with van der Waals surface area (Å²) >= 11 is 3.44. The van der Waals surface area contributed by atoms with Gasteiger partial charge in [-0.2, -0.15) is 0 Å². The van der Waals surface area contributed by atoms with Crippen LogP contribution >= 0.6 is 15.9 Å². The zero-order chi connectivity index (χ0) is 12.4. The van der Waals surface area contributed by atoms with Crippen LogP contribution in [0.1, 0.15) is 11.1 Å². The molecule has 0 aliphatic carbocycles. The average molecular weight is 292 g/mol. The van der Waals surface area contributed by atoms with Crippen molar-refractivity contribution < 1.29 is 0 Å². The molecule has 0 aliphatic heterocycles. The smallest absolute Gasteiger partial charge is 0.144 e. The first kappa shape index (κ1) is 11.9. The van der Waals surface area contributed by atoms with Gasteiger partial charge in [-0.15, -0.1) is 0 Å². The molecule has 0 fully saturated rings. The van der Waals surface area contributed by atoms with Gasteiger partial charge in [0.1, 0.15) is 5.82 Å². The van der Waals surface area contributed by atoms with Gasteiger partial charge in [-0.1, -0.05) is 6.07 Å². The molecule has 3 N–H and O–H groups in total. The normalized spacial score (nSPS) is 10.3. The molecule has 0 saturated heterocycles. The van der Waals surface area contributed by atoms with Gasteiger partial charge < -0.3 is 11.1 Å². The Morgan fingerprint density at radius 1 is 1.12 bits per heavy atom. The third kappa shape index (κ3) is 2.97. The van der Waals surface area contributed by atoms with E-state index in [1.54, 1.807) is 6.20 Å². The topological polar surface area (TPSA) is 50.9 Å². The van der Waals surface area contributed by atoms with Crippen molar-refractivity contribution >= 4 is 33.1 Å². The van der Waals surface area contributed by atoms with Gasteiger partial charge >= 0.3 is 0 Å². The molecule has 0 radical (unpaired) electrons. The van der Waals surface area contributed by atoms with Gasteiger partial charge in [0.05, 0.1) is 16.4 Å². The summed E-state index contributed by atoms with van der Waals surface area (Å²) in [7, 11) is 0. The van der Waals surface area contributed by atoms with Gasteiger partial charge in [-0.25, -0.2) is 4.98 Å². The Balaban J connectivity index is 2.31. The summed E-state index contributed by atoms with van der Waals surface area (Å²) in [6.07, 6.45) is 1.63. The van der Waals surface area contributed by atoms with Crippen LogP contribution in [0.15, 0.2) is 34.9 Å². The molecular weight excluding hydrogens is 278 g/mol. The number of hydrogen-bond acceptors (Lipinski definition) is 3. The van der Waals surface area contributed by atoms with Gasteiger partial charge in [0, 0.05) is 5.69 Å². The van der Waals surface area contributed by atoms with E-state index in [0.717, 1.165) is 16.0 Å². The maximum absolute atomic E-state index is 5.65. The Labute approximate surface area is 109 Å². The van der Waals surface area contributed by atoms with Crippen LogP contribution in [0, 0.1) is 13.8 Å². The number of nitrogens with two attached hydrogens (primary N) is 1. The Morgan fingerprint density at radius 2 is 1.76 bits per heavy atom. The second kappa shape index (κ2) is 4.75. The number of nitrogens with one attached hydrogen (secondary N) is 1. The first-order valence-electron chi connectivity index (χ1n) is 5.31. The summed E-state index contributed by atoms with van der Waals surface area (Å²) in [5, 5.41) is 3.27. The lowest BCUT2D eigenvalue weighted by atomic mass is 10.1. The van der Waals surface area contributed by atoms with Crippen molar-refractivity contribution in [3.63, 3.8) is 0 Å². The average Bonchev–Trinajstić information content (AvgIpc) is 2.21. The Hall–Kier alpha value is -1.55. The number of pyridine rings is 1. The van der Waals surface area contributed by atoms with Gasteiger partial charge in [0.25, 0.3) is 0 Å². The fraction of sp³-hybridized carbons (Fsp3) is 0.154. The zero-order valence-corrected chi connectivity index (χ0v) is 11.4. The predicted molar refractivity (Wildman–Crippen MR) is 75.5 cm³/mol. The van der Waals surface area contributed by atoms with Gasteiger partial charge in [0.15, 0.2) is 0 Å².